The molecule has 0 atom stereocenters. The van der Waals surface area contributed by atoms with E-state index in [1.807, 2.05) is 30.3 Å². The Morgan fingerprint density at radius 1 is 1.12 bits per heavy atom. The molecule has 2 aliphatic heterocycles. The predicted octanol–water partition coefficient (Wildman–Crippen LogP) is 1.61. The van der Waals surface area contributed by atoms with Crippen LogP contribution in [0.3, 0.4) is 0 Å². The van der Waals surface area contributed by atoms with E-state index in [0.717, 1.165) is 43.6 Å². The SMILES string of the molecule is CN1CCC(NC(=O)CCC(=O)N2CCC(c3ccccc3)=N2)CC1. The number of piperidine rings is 1. The molecule has 1 aromatic carbocycles. The van der Waals surface area contributed by atoms with Crippen LogP contribution in [0.2, 0.25) is 0 Å². The Morgan fingerprint density at radius 2 is 1.84 bits per heavy atom. The second-order valence-electron chi connectivity index (χ2n) is 6.82. The molecule has 1 aromatic rings. The molecular weight excluding hydrogens is 316 g/mol. The number of carbonyl (C=O) groups is 2. The van der Waals surface area contributed by atoms with Crippen LogP contribution in [0.1, 0.15) is 37.7 Å². The van der Waals surface area contributed by atoms with Crippen LogP contribution in [0.5, 0.6) is 0 Å². The smallest absolute Gasteiger partial charge is 0.243 e. The molecule has 1 saturated heterocycles. The van der Waals surface area contributed by atoms with Crippen molar-refractivity contribution in [2.75, 3.05) is 26.7 Å². The third-order valence-corrected chi connectivity index (χ3v) is 4.85. The van der Waals surface area contributed by atoms with E-state index in [-0.39, 0.29) is 30.7 Å². The Hall–Kier alpha value is -2.21. The number of hydrogen-bond acceptors (Lipinski definition) is 4. The lowest BCUT2D eigenvalue weighted by Crippen LogP contribution is -2.43. The van der Waals surface area contributed by atoms with Gasteiger partial charge in [-0.15, -0.1) is 0 Å². The minimum atomic E-state index is -0.0792. The molecule has 0 aromatic heterocycles. The van der Waals surface area contributed by atoms with E-state index in [9.17, 15) is 9.59 Å². The van der Waals surface area contributed by atoms with Gasteiger partial charge in [0.1, 0.15) is 0 Å². The summed E-state index contributed by atoms with van der Waals surface area (Å²) in [6, 6.07) is 10.1. The Kier molecular flexibility index (Phi) is 5.81. The van der Waals surface area contributed by atoms with Gasteiger partial charge in [-0.25, -0.2) is 5.01 Å². The van der Waals surface area contributed by atoms with Gasteiger partial charge < -0.3 is 10.2 Å². The van der Waals surface area contributed by atoms with E-state index >= 15 is 0 Å². The third kappa shape index (κ3) is 4.89. The number of amides is 2. The Balaban J connectivity index is 1.43. The van der Waals surface area contributed by atoms with Crippen LogP contribution in [-0.2, 0) is 9.59 Å². The first-order valence-corrected chi connectivity index (χ1v) is 9.03. The number of hydrazone groups is 1. The number of likely N-dealkylation sites (tertiary alicyclic amines) is 1. The number of hydrogen-bond donors (Lipinski definition) is 1. The van der Waals surface area contributed by atoms with Gasteiger partial charge in [0.15, 0.2) is 0 Å². The molecule has 2 aliphatic rings. The number of rotatable bonds is 5. The molecule has 0 aliphatic carbocycles. The van der Waals surface area contributed by atoms with Gasteiger partial charge in [0.2, 0.25) is 11.8 Å². The summed E-state index contributed by atoms with van der Waals surface area (Å²) in [5.41, 5.74) is 1.99. The van der Waals surface area contributed by atoms with Crippen LogP contribution in [-0.4, -0.2) is 60.2 Å². The van der Waals surface area contributed by atoms with Crippen molar-refractivity contribution < 1.29 is 9.59 Å². The van der Waals surface area contributed by atoms with Gasteiger partial charge in [0, 0.05) is 25.3 Å². The van der Waals surface area contributed by atoms with Crippen LogP contribution < -0.4 is 5.32 Å². The Labute approximate surface area is 148 Å². The van der Waals surface area contributed by atoms with Crippen molar-refractivity contribution in [1.82, 2.24) is 15.2 Å². The maximum atomic E-state index is 12.3. The molecule has 2 amide bonds. The molecule has 2 heterocycles. The van der Waals surface area contributed by atoms with Gasteiger partial charge in [-0.2, -0.15) is 5.10 Å². The van der Waals surface area contributed by atoms with Crippen molar-refractivity contribution in [2.45, 2.75) is 38.1 Å². The topological polar surface area (TPSA) is 65.0 Å². The molecule has 1 N–H and O–H groups in total. The fourth-order valence-corrected chi connectivity index (χ4v) is 3.27. The number of nitrogens with one attached hydrogen (secondary N) is 1. The van der Waals surface area contributed by atoms with Crippen LogP contribution in [0, 0.1) is 0 Å². The highest BCUT2D eigenvalue weighted by Crippen LogP contribution is 2.15. The quantitative estimate of drug-likeness (QED) is 0.884. The molecule has 0 spiro atoms. The molecule has 0 radical (unpaired) electrons. The molecule has 6 heteroatoms. The van der Waals surface area contributed by atoms with Crippen molar-refractivity contribution in [3.8, 4) is 0 Å². The second-order valence-corrected chi connectivity index (χ2v) is 6.82. The van der Waals surface area contributed by atoms with Crippen molar-refractivity contribution in [2.24, 2.45) is 5.10 Å². The average molecular weight is 342 g/mol. The van der Waals surface area contributed by atoms with Gasteiger partial charge in [-0.3, -0.25) is 9.59 Å². The van der Waals surface area contributed by atoms with Crippen molar-refractivity contribution >= 4 is 17.5 Å². The number of benzene rings is 1. The third-order valence-electron chi connectivity index (χ3n) is 4.85. The lowest BCUT2D eigenvalue weighted by atomic mass is 10.1. The normalized spacial score (nSPS) is 18.9. The van der Waals surface area contributed by atoms with Crippen LogP contribution >= 0.6 is 0 Å². The van der Waals surface area contributed by atoms with E-state index in [1.165, 1.54) is 5.01 Å². The molecule has 0 saturated carbocycles. The van der Waals surface area contributed by atoms with Gasteiger partial charge in [-0.05, 0) is 38.5 Å². The summed E-state index contributed by atoms with van der Waals surface area (Å²) in [6.45, 7) is 2.61. The maximum absolute atomic E-state index is 12.3. The van der Waals surface area contributed by atoms with Crippen LogP contribution in [0.4, 0.5) is 0 Å². The predicted molar refractivity (Wildman–Crippen MR) is 97.2 cm³/mol. The number of carbonyl (C=O) groups excluding carboxylic acids is 2. The second kappa shape index (κ2) is 8.25. The lowest BCUT2D eigenvalue weighted by Gasteiger charge is -2.29. The summed E-state index contributed by atoms with van der Waals surface area (Å²) in [5, 5.41) is 8.98. The van der Waals surface area contributed by atoms with Crippen LogP contribution in [0.15, 0.2) is 35.4 Å². The molecule has 3 rings (SSSR count). The van der Waals surface area contributed by atoms with Gasteiger partial charge >= 0.3 is 0 Å². The van der Waals surface area contributed by atoms with E-state index in [2.05, 4.69) is 22.4 Å². The zero-order valence-corrected chi connectivity index (χ0v) is 14.8. The van der Waals surface area contributed by atoms with E-state index in [1.54, 1.807) is 0 Å². The maximum Gasteiger partial charge on any atom is 0.243 e. The van der Waals surface area contributed by atoms with E-state index in [0.29, 0.717) is 6.54 Å². The molecule has 0 bridgehead atoms. The molecule has 134 valence electrons. The van der Waals surface area contributed by atoms with Gasteiger partial charge in [0.25, 0.3) is 0 Å². The highest BCUT2D eigenvalue weighted by atomic mass is 16.2. The summed E-state index contributed by atoms with van der Waals surface area (Å²) < 4.78 is 0. The molecule has 1 fully saturated rings. The minimum absolute atomic E-state index is 0.0330. The minimum Gasteiger partial charge on any atom is -0.353 e. The fourth-order valence-electron chi connectivity index (χ4n) is 3.27. The van der Waals surface area contributed by atoms with Crippen molar-refractivity contribution in [3.63, 3.8) is 0 Å². The Morgan fingerprint density at radius 3 is 2.56 bits per heavy atom. The molecule has 0 unspecified atom stereocenters. The van der Waals surface area contributed by atoms with Gasteiger partial charge in [-0.1, -0.05) is 30.3 Å². The summed E-state index contributed by atoms with van der Waals surface area (Å²) >= 11 is 0. The Bertz CT molecular complexity index is 636. The van der Waals surface area contributed by atoms with Crippen molar-refractivity contribution in [1.29, 1.82) is 0 Å². The summed E-state index contributed by atoms with van der Waals surface area (Å²) in [7, 11) is 2.09. The average Bonchev–Trinajstić information content (AvgIpc) is 3.13. The summed E-state index contributed by atoms with van der Waals surface area (Å²) in [5.74, 6) is -0.112. The van der Waals surface area contributed by atoms with Crippen molar-refractivity contribution in [3.05, 3.63) is 35.9 Å². The zero-order chi connectivity index (χ0) is 17.6. The van der Waals surface area contributed by atoms with Crippen LogP contribution in [0.25, 0.3) is 0 Å². The lowest BCUT2D eigenvalue weighted by molar-refractivity contribution is -0.133. The summed E-state index contributed by atoms with van der Waals surface area (Å²) in [6.07, 6.45) is 3.17. The van der Waals surface area contributed by atoms with E-state index in [4.69, 9.17) is 0 Å². The molecular formula is C19H26N4O2. The first-order valence-electron chi connectivity index (χ1n) is 9.03. The zero-order valence-electron chi connectivity index (χ0n) is 14.8. The number of nitrogens with zero attached hydrogens (tertiary/aromatic N) is 3. The largest absolute Gasteiger partial charge is 0.353 e. The van der Waals surface area contributed by atoms with Gasteiger partial charge in [0.05, 0.1) is 12.3 Å². The molecule has 25 heavy (non-hydrogen) atoms. The first kappa shape index (κ1) is 17.6. The van der Waals surface area contributed by atoms with E-state index < -0.39 is 0 Å². The summed E-state index contributed by atoms with van der Waals surface area (Å²) in [4.78, 5) is 26.6. The first-order chi connectivity index (χ1) is 12.1. The molecule has 6 nitrogen and oxygen atoms in total. The fraction of sp³-hybridized carbons (Fsp3) is 0.526. The monoisotopic (exact) mass is 342 g/mol. The standard InChI is InChI=1S/C19H26N4O2/c1-22-12-9-16(10-13-22)20-18(24)7-8-19(25)23-14-11-17(21-23)15-5-3-2-4-6-15/h2-6,16H,7-14H2,1H3,(H,20,24). The highest BCUT2D eigenvalue weighted by molar-refractivity contribution is 6.02. The highest BCUT2D eigenvalue weighted by Gasteiger charge is 2.23.